The van der Waals surface area contributed by atoms with Crippen LogP contribution in [0.1, 0.15) is 72.7 Å². The van der Waals surface area contributed by atoms with Gasteiger partial charge in [-0.1, -0.05) is 43.5 Å². The summed E-state index contributed by atoms with van der Waals surface area (Å²) in [6.45, 7) is 20.8. The third kappa shape index (κ3) is 3.93. The van der Waals surface area contributed by atoms with Gasteiger partial charge in [-0.2, -0.15) is 0 Å². The summed E-state index contributed by atoms with van der Waals surface area (Å²) in [5.41, 5.74) is 10.7. The smallest absolute Gasteiger partial charge is 0.0530 e. The van der Waals surface area contributed by atoms with Crippen LogP contribution in [-0.2, 0) is 7.05 Å². The van der Waals surface area contributed by atoms with Crippen LogP contribution in [0, 0.1) is 13.8 Å². The average Bonchev–Trinajstić information content (AvgIpc) is 3.08. The molecule has 0 bridgehead atoms. The van der Waals surface area contributed by atoms with Crippen molar-refractivity contribution in [2.75, 3.05) is 0 Å². The van der Waals surface area contributed by atoms with E-state index in [0.29, 0.717) is 0 Å². The van der Waals surface area contributed by atoms with Gasteiger partial charge in [-0.3, -0.25) is 0 Å². The maximum atomic E-state index is 4.08. The van der Waals surface area contributed by atoms with Gasteiger partial charge in [0, 0.05) is 46.5 Å². The number of aromatic nitrogens is 2. The molecular formula is C27H34N2. The van der Waals surface area contributed by atoms with E-state index in [2.05, 4.69) is 106 Å². The third-order valence-electron chi connectivity index (χ3n) is 5.45. The maximum Gasteiger partial charge on any atom is 0.0530 e. The molecule has 0 unspecified atom stereocenters. The molecule has 2 aromatic rings. The van der Waals surface area contributed by atoms with Gasteiger partial charge in [-0.05, 0) is 71.4 Å². The second-order valence-electron chi connectivity index (χ2n) is 7.20. The molecular weight excluding hydrogens is 352 g/mol. The summed E-state index contributed by atoms with van der Waals surface area (Å²) < 4.78 is 4.55. The van der Waals surface area contributed by atoms with Crippen LogP contribution >= 0.6 is 0 Å². The summed E-state index contributed by atoms with van der Waals surface area (Å²) in [5.74, 6) is 0. The van der Waals surface area contributed by atoms with E-state index >= 15 is 0 Å². The van der Waals surface area contributed by atoms with Crippen LogP contribution < -0.4 is 0 Å². The van der Waals surface area contributed by atoms with Crippen LogP contribution in [0.4, 0.5) is 0 Å². The van der Waals surface area contributed by atoms with E-state index in [0.717, 1.165) is 17.0 Å². The molecule has 0 fully saturated rings. The Hall–Kier alpha value is -3.00. The van der Waals surface area contributed by atoms with Crippen LogP contribution in [0.5, 0.6) is 0 Å². The average molecular weight is 387 g/mol. The summed E-state index contributed by atoms with van der Waals surface area (Å²) in [6, 6.07) is 0. The summed E-state index contributed by atoms with van der Waals surface area (Å²) in [5, 5.41) is 0. The summed E-state index contributed by atoms with van der Waals surface area (Å²) in [7, 11) is 2.11. The second kappa shape index (κ2) is 9.47. The van der Waals surface area contributed by atoms with Crippen molar-refractivity contribution in [3.05, 3.63) is 76.4 Å². The number of allylic oxidation sites excluding steroid dienone is 4. The lowest BCUT2D eigenvalue weighted by Crippen LogP contribution is -2.00. The highest BCUT2D eigenvalue weighted by Gasteiger charge is 2.18. The van der Waals surface area contributed by atoms with Crippen molar-refractivity contribution in [1.82, 2.24) is 9.13 Å². The van der Waals surface area contributed by atoms with E-state index in [1.54, 1.807) is 0 Å². The van der Waals surface area contributed by atoms with Crippen molar-refractivity contribution in [3.63, 3.8) is 0 Å². The molecule has 2 nitrogen and oxygen atoms in total. The third-order valence-corrected chi connectivity index (χ3v) is 5.45. The van der Waals surface area contributed by atoms with Gasteiger partial charge in [-0.15, -0.1) is 0 Å². The minimum absolute atomic E-state index is 1.16. The van der Waals surface area contributed by atoms with Gasteiger partial charge in [0.1, 0.15) is 0 Å². The lowest BCUT2D eigenvalue weighted by Gasteiger charge is -2.12. The van der Waals surface area contributed by atoms with E-state index in [1.807, 2.05) is 19.1 Å². The van der Waals surface area contributed by atoms with Crippen LogP contribution in [0.15, 0.2) is 31.4 Å². The Balaban J connectivity index is 2.87. The summed E-state index contributed by atoms with van der Waals surface area (Å²) in [4.78, 5) is 0. The molecule has 0 saturated heterocycles. The molecule has 0 spiro atoms. The molecule has 0 aliphatic carbocycles. The Morgan fingerprint density at radius 2 is 1.28 bits per heavy atom. The van der Waals surface area contributed by atoms with E-state index in [9.17, 15) is 0 Å². The van der Waals surface area contributed by atoms with Crippen LogP contribution in [0.3, 0.4) is 0 Å². The van der Waals surface area contributed by atoms with Crippen LogP contribution in [0.25, 0.3) is 42.2 Å². The Kier molecular flexibility index (Phi) is 7.28. The molecule has 2 heterocycles. The van der Waals surface area contributed by atoms with Crippen molar-refractivity contribution >= 4 is 42.2 Å². The first-order valence-corrected chi connectivity index (χ1v) is 10.1. The molecule has 2 heteroatoms. The maximum absolute atomic E-state index is 4.08. The normalized spacial score (nSPS) is 12.7. The van der Waals surface area contributed by atoms with Gasteiger partial charge in [0.2, 0.25) is 0 Å². The Bertz CT molecular complexity index is 1040. The topological polar surface area (TPSA) is 9.86 Å². The first-order valence-electron chi connectivity index (χ1n) is 10.1. The zero-order chi connectivity index (χ0) is 21.7. The van der Waals surface area contributed by atoms with Gasteiger partial charge < -0.3 is 9.13 Å². The lowest BCUT2D eigenvalue weighted by atomic mass is 10.1. The SMILES string of the molecule is C=Cc1c(/C=C(\C)n2c(/C=C\C)c(C)c(C=C)c2/C=C\C)c(C)n(C)c1/C=C\C. The van der Waals surface area contributed by atoms with Crippen molar-refractivity contribution in [3.8, 4) is 0 Å². The minimum Gasteiger partial charge on any atom is -0.347 e. The van der Waals surface area contributed by atoms with Crippen LogP contribution in [0.2, 0.25) is 0 Å². The molecule has 0 aliphatic rings. The highest BCUT2D eigenvalue weighted by atomic mass is 15.0. The molecule has 0 radical (unpaired) electrons. The van der Waals surface area contributed by atoms with Gasteiger partial charge in [0.25, 0.3) is 0 Å². The van der Waals surface area contributed by atoms with Gasteiger partial charge in [0.15, 0.2) is 0 Å². The zero-order valence-electron chi connectivity index (χ0n) is 19.0. The summed E-state index contributed by atoms with van der Waals surface area (Å²) >= 11 is 0. The fourth-order valence-corrected chi connectivity index (χ4v) is 3.97. The van der Waals surface area contributed by atoms with E-state index in [4.69, 9.17) is 0 Å². The van der Waals surface area contributed by atoms with Crippen molar-refractivity contribution in [1.29, 1.82) is 0 Å². The van der Waals surface area contributed by atoms with Gasteiger partial charge in [-0.25, -0.2) is 0 Å². The summed E-state index contributed by atoms with van der Waals surface area (Å²) in [6.07, 6.45) is 18.9. The molecule has 0 aromatic carbocycles. The molecule has 29 heavy (non-hydrogen) atoms. The Morgan fingerprint density at radius 1 is 0.759 bits per heavy atom. The molecule has 0 saturated carbocycles. The molecule has 0 aliphatic heterocycles. The molecule has 152 valence electrons. The van der Waals surface area contributed by atoms with Gasteiger partial charge in [0.05, 0.1) is 5.69 Å². The Labute approximate surface area is 176 Å². The van der Waals surface area contributed by atoms with Crippen molar-refractivity contribution in [2.24, 2.45) is 7.05 Å². The predicted octanol–water partition coefficient (Wildman–Crippen LogP) is 7.85. The fraction of sp³-hybridized carbons (Fsp3) is 0.259. The number of hydrogen-bond acceptors (Lipinski definition) is 0. The zero-order valence-corrected chi connectivity index (χ0v) is 19.0. The first-order chi connectivity index (χ1) is 13.9. The van der Waals surface area contributed by atoms with Crippen molar-refractivity contribution < 1.29 is 0 Å². The first kappa shape index (κ1) is 22.3. The lowest BCUT2D eigenvalue weighted by molar-refractivity contribution is 0.869. The van der Waals surface area contributed by atoms with E-state index in [1.165, 1.54) is 33.8 Å². The van der Waals surface area contributed by atoms with Crippen LogP contribution in [-0.4, -0.2) is 9.13 Å². The largest absolute Gasteiger partial charge is 0.347 e. The Morgan fingerprint density at radius 3 is 1.79 bits per heavy atom. The van der Waals surface area contributed by atoms with E-state index < -0.39 is 0 Å². The quantitative estimate of drug-likeness (QED) is 0.458. The molecule has 2 aromatic heterocycles. The second-order valence-corrected chi connectivity index (χ2v) is 7.20. The molecule has 0 N–H and O–H groups in total. The van der Waals surface area contributed by atoms with Crippen molar-refractivity contribution in [2.45, 2.75) is 41.5 Å². The van der Waals surface area contributed by atoms with Gasteiger partial charge >= 0.3 is 0 Å². The van der Waals surface area contributed by atoms with E-state index in [-0.39, 0.29) is 0 Å². The fourth-order valence-electron chi connectivity index (χ4n) is 3.97. The standard InChI is InChI=1S/C27H34N2/c1-10-15-25-20(7)22(13-4)27(17-12-3)29(25)19(6)18-24-21(8)28(9)26(16-11-2)23(24)14-5/h10-18H,4-5H2,1-3,6-9H3/b15-10-,16-11-,17-12-,19-18+. The predicted molar refractivity (Wildman–Crippen MR) is 133 cm³/mol. The number of nitrogens with zero attached hydrogens (tertiary/aromatic N) is 2. The molecule has 2 rings (SSSR count). The molecule has 0 atom stereocenters. The molecule has 0 amide bonds. The highest BCUT2D eigenvalue weighted by Crippen LogP contribution is 2.32. The monoisotopic (exact) mass is 386 g/mol. The number of hydrogen-bond donors (Lipinski definition) is 0. The number of rotatable bonds is 7. The highest BCUT2D eigenvalue weighted by molar-refractivity contribution is 5.84. The minimum atomic E-state index is 1.16.